The summed E-state index contributed by atoms with van der Waals surface area (Å²) in [6.45, 7) is 3.10. The lowest BCUT2D eigenvalue weighted by atomic mass is 10.3. The zero-order valence-corrected chi connectivity index (χ0v) is 7.92. The van der Waals surface area contributed by atoms with Gasteiger partial charge in [0.25, 0.3) is 0 Å². The van der Waals surface area contributed by atoms with Gasteiger partial charge < -0.3 is 14.6 Å². The van der Waals surface area contributed by atoms with Crippen LogP contribution in [0.2, 0.25) is 0 Å². The highest BCUT2D eigenvalue weighted by atomic mass is 16.4. The number of aliphatic hydroxyl groups is 2. The van der Waals surface area contributed by atoms with E-state index in [0.29, 0.717) is 31.4 Å². The molecule has 1 aliphatic rings. The summed E-state index contributed by atoms with van der Waals surface area (Å²) >= 11 is 0. The molecule has 0 aromatic carbocycles. The van der Waals surface area contributed by atoms with Crippen molar-refractivity contribution in [2.45, 2.75) is 25.7 Å². The van der Waals surface area contributed by atoms with Crippen molar-refractivity contribution in [3.05, 3.63) is 11.8 Å². The Morgan fingerprint density at radius 3 is 2.50 bits per heavy atom. The molecule has 2 N–H and O–H groups in total. The van der Waals surface area contributed by atoms with E-state index in [1.165, 1.54) is 0 Å². The van der Waals surface area contributed by atoms with Gasteiger partial charge in [-0.2, -0.15) is 0 Å². The molecule has 1 saturated heterocycles. The first kappa shape index (κ1) is 9.57. The molecule has 1 fully saturated rings. The van der Waals surface area contributed by atoms with Crippen molar-refractivity contribution in [1.82, 2.24) is 15.1 Å². The summed E-state index contributed by atoms with van der Waals surface area (Å²) in [5.74, 6) is 1.05. The topological polar surface area (TPSA) is 82.6 Å². The van der Waals surface area contributed by atoms with E-state index in [1.54, 1.807) is 6.92 Å². The van der Waals surface area contributed by atoms with E-state index in [9.17, 15) is 10.2 Å². The van der Waals surface area contributed by atoms with Crippen molar-refractivity contribution in [3.8, 4) is 0 Å². The number of likely N-dealkylation sites (tertiary alicyclic amines) is 1. The van der Waals surface area contributed by atoms with Crippen molar-refractivity contribution in [2.24, 2.45) is 0 Å². The highest BCUT2D eigenvalue weighted by molar-refractivity contribution is 4.87. The number of hydrogen-bond acceptors (Lipinski definition) is 6. The predicted octanol–water partition coefficient (Wildman–Crippen LogP) is -1.08. The van der Waals surface area contributed by atoms with Crippen LogP contribution in [0.25, 0.3) is 0 Å². The fourth-order valence-corrected chi connectivity index (χ4v) is 1.57. The van der Waals surface area contributed by atoms with Gasteiger partial charge in [0.05, 0.1) is 18.8 Å². The molecule has 1 aliphatic heterocycles. The average molecular weight is 199 g/mol. The van der Waals surface area contributed by atoms with Gasteiger partial charge in [-0.05, 0) is 0 Å². The fourth-order valence-electron chi connectivity index (χ4n) is 1.57. The van der Waals surface area contributed by atoms with Gasteiger partial charge >= 0.3 is 0 Å². The zero-order chi connectivity index (χ0) is 10.1. The maximum absolute atomic E-state index is 9.29. The third-order valence-electron chi connectivity index (χ3n) is 2.26. The van der Waals surface area contributed by atoms with Gasteiger partial charge in [-0.3, -0.25) is 4.90 Å². The molecule has 6 heteroatoms. The molecule has 0 spiro atoms. The van der Waals surface area contributed by atoms with Crippen LogP contribution in [0.15, 0.2) is 4.42 Å². The molecule has 0 amide bonds. The lowest BCUT2D eigenvalue weighted by Crippen LogP contribution is -2.22. The average Bonchev–Trinajstić information content (AvgIpc) is 2.62. The molecule has 0 bridgehead atoms. The van der Waals surface area contributed by atoms with Crippen molar-refractivity contribution >= 4 is 0 Å². The second-order valence-electron chi connectivity index (χ2n) is 3.54. The van der Waals surface area contributed by atoms with Crippen molar-refractivity contribution in [3.63, 3.8) is 0 Å². The Hall–Kier alpha value is -0.980. The SMILES string of the molecule is Cc1nnc(CN2CC(O)C(O)C2)o1. The fraction of sp³-hybridized carbons (Fsp3) is 0.750. The van der Waals surface area contributed by atoms with Crippen LogP contribution in [-0.4, -0.2) is 50.6 Å². The number of rotatable bonds is 2. The summed E-state index contributed by atoms with van der Waals surface area (Å²) in [5, 5.41) is 26.1. The Bertz CT molecular complexity index is 305. The summed E-state index contributed by atoms with van der Waals surface area (Å²) in [5.41, 5.74) is 0. The molecule has 2 rings (SSSR count). The summed E-state index contributed by atoms with van der Waals surface area (Å²) in [6.07, 6.45) is -1.34. The zero-order valence-electron chi connectivity index (χ0n) is 7.92. The van der Waals surface area contributed by atoms with E-state index in [-0.39, 0.29) is 0 Å². The lowest BCUT2D eigenvalue weighted by Gasteiger charge is -2.10. The Morgan fingerprint density at radius 1 is 1.36 bits per heavy atom. The minimum absolute atomic E-state index is 0.447. The first-order valence-corrected chi connectivity index (χ1v) is 4.52. The number of aliphatic hydroxyl groups excluding tert-OH is 2. The van der Waals surface area contributed by atoms with Crippen LogP contribution in [0.1, 0.15) is 11.8 Å². The minimum Gasteiger partial charge on any atom is -0.424 e. The molecule has 0 radical (unpaired) electrons. The quantitative estimate of drug-likeness (QED) is 0.630. The van der Waals surface area contributed by atoms with Crippen LogP contribution >= 0.6 is 0 Å². The molecule has 2 heterocycles. The second kappa shape index (κ2) is 3.64. The van der Waals surface area contributed by atoms with E-state index >= 15 is 0 Å². The summed E-state index contributed by atoms with van der Waals surface area (Å²) in [6, 6.07) is 0. The van der Waals surface area contributed by atoms with Crippen LogP contribution in [0.4, 0.5) is 0 Å². The number of aromatic nitrogens is 2. The maximum Gasteiger partial charge on any atom is 0.230 e. The third kappa shape index (κ3) is 1.92. The summed E-state index contributed by atoms with van der Waals surface area (Å²) < 4.78 is 5.19. The van der Waals surface area contributed by atoms with E-state index < -0.39 is 12.2 Å². The Kier molecular flexibility index (Phi) is 2.49. The number of nitrogens with zero attached hydrogens (tertiary/aromatic N) is 3. The Balaban J connectivity index is 1.93. The molecule has 1 aromatic rings. The molecule has 14 heavy (non-hydrogen) atoms. The van der Waals surface area contributed by atoms with Gasteiger partial charge in [-0.25, -0.2) is 0 Å². The molecular formula is C8H13N3O3. The van der Waals surface area contributed by atoms with Gasteiger partial charge in [0.1, 0.15) is 0 Å². The van der Waals surface area contributed by atoms with E-state index in [4.69, 9.17) is 4.42 Å². The van der Waals surface area contributed by atoms with Crippen LogP contribution < -0.4 is 0 Å². The van der Waals surface area contributed by atoms with Crippen LogP contribution in [-0.2, 0) is 6.54 Å². The van der Waals surface area contributed by atoms with Gasteiger partial charge in [0.15, 0.2) is 0 Å². The van der Waals surface area contributed by atoms with Gasteiger partial charge in [-0.15, -0.1) is 10.2 Å². The van der Waals surface area contributed by atoms with Gasteiger partial charge in [0, 0.05) is 20.0 Å². The molecule has 0 saturated carbocycles. The normalized spacial score (nSPS) is 28.5. The molecular weight excluding hydrogens is 186 g/mol. The van der Waals surface area contributed by atoms with Crippen molar-refractivity contribution < 1.29 is 14.6 Å². The molecule has 6 nitrogen and oxygen atoms in total. The maximum atomic E-state index is 9.29. The highest BCUT2D eigenvalue weighted by Gasteiger charge is 2.30. The van der Waals surface area contributed by atoms with Gasteiger partial charge in [-0.1, -0.05) is 0 Å². The largest absolute Gasteiger partial charge is 0.424 e. The number of aryl methyl sites for hydroxylation is 1. The third-order valence-corrected chi connectivity index (χ3v) is 2.26. The highest BCUT2D eigenvalue weighted by Crippen LogP contribution is 2.13. The van der Waals surface area contributed by atoms with Crippen LogP contribution in [0.3, 0.4) is 0 Å². The van der Waals surface area contributed by atoms with E-state index in [1.807, 2.05) is 4.90 Å². The predicted molar refractivity (Wildman–Crippen MR) is 46.3 cm³/mol. The van der Waals surface area contributed by atoms with Gasteiger partial charge in [0.2, 0.25) is 11.8 Å². The molecule has 78 valence electrons. The number of β-amino-alcohol motifs (C(OH)–C–C–N with tert-alkyl or cyclic N) is 2. The molecule has 0 aliphatic carbocycles. The minimum atomic E-state index is -0.668. The summed E-state index contributed by atoms with van der Waals surface area (Å²) in [4.78, 5) is 1.88. The summed E-state index contributed by atoms with van der Waals surface area (Å²) in [7, 11) is 0. The monoisotopic (exact) mass is 199 g/mol. The molecule has 2 unspecified atom stereocenters. The van der Waals surface area contributed by atoms with Crippen molar-refractivity contribution in [2.75, 3.05) is 13.1 Å². The first-order chi connectivity index (χ1) is 6.65. The first-order valence-electron chi connectivity index (χ1n) is 4.52. The van der Waals surface area contributed by atoms with Crippen molar-refractivity contribution in [1.29, 1.82) is 0 Å². The standard InChI is InChI=1S/C8H13N3O3/c1-5-9-10-8(14-5)4-11-2-6(12)7(13)3-11/h6-7,12-13H,2-4H2,1H3. The Morgan fingerprint density at radius 2 is 2.00 bits per heavy atom. The Labute approximate surface area is 81.2 Å². The van der Waals surface area contributed by atoms with E-state index in [2.05, 4.69) is 10.2 Å². The van der Waals surface area contributed by atoms with E-state index in [0.717, 1.165) is 0 Å². The smallest absolute Gasteiger partial charge is 0.230 e. The van der Waals surface area contributed by atoms with Crippen LogP contribution in [0, 0.1) is 6.92 Å². The lowest BCUT2D eigenvalue weighted by molar-refractivity contribution is 0.0572. The molecule has 1 aromatic heterocycles. The number of hydrogen-bond donors (Lipinski definition) is 2. The second-order valence-corrected chi connectivity index (χ2v) is 3.54. The molecule has 2 atom stereocenters. The van der Waals surface area contributed by atoms with Crippen LogP contribution in [0.5, 0.6) is 0 Å².